The lowest BCUT2D eigenvalue weighted by Gasteiger charge is -2.40. The number of amides is 1. The summed E-state index contributed by atoms with van der Waals surface area (Å²) in [5, 5.41) is 0. The number of carbonyl (C=O) groups is 1. The zero-order valence-corrected chi connectivity index (χ0v) is 18.3. The standard InChI is InChI=1S/C20H26F3N5O2S/c1-14(31-15-4-3-8-25-16(15)20(21,22)23)17(24)26-18(27(2)13-29)28-9-5-19(6-10-28)7-11-30-12-19/h3-4,8,13H,5-7,9-12,24H2,1-2H3/b17-14+,26-18+. The largest absolute Gasteiger partial charge is 0.434 e. The molecule has 0 bridgehead atoms. The molecule has 0 atom stereocenters. The fourth-order valence-electron chi connectivity index (χ4n) is 3.73. The van der Waals surface area contributed by atoms with Gasteiger partial charge in [-0.1, -0.05) is 11.8 Å². The number of piperidine rings is 1. The Balaban J connectivity index is 1.82. The van der Waals surface area contributed by atoms with Crippen LogP contribution in [0.3, 0.4) is 0 Å². The Morgan fingerprint density at radius 1 is 1.39 bits per heavy atom. The van der Waals surface area contributed by atoms with E-state index in [1.807, 2.05) is 4.90 Å². The zero-order chi connectivity index (χ0) is 22.6. The molecule has 0 unspecified atom stereocenters. The fraction of sp³-hybridized carbons (Fsp3) is 0.550. The Labute approximate surface area is 183 Å². The van der Waals surface area contributed by atoms with Gasteiger partial charge in [-0.05, 0) is 43.7 Å². The number of aromatic nitrogens is 1. The second-order valence-corrected chi connectivity index (χ2v) is 9.07. The minimum absolute atomic E-state index is 0.0511. The molecule has 170 valence electrons. The first-order chi connectivity index (χ1) is 14.6. The van der Waals surface area contributed by atoms with Crippen molar-refractivity contribution in [1.82, 2.24) is 14.8 Å². The number of nitrogens with zero attached hydrogens (tertiary/aromatic N) is 4. The van der Waals surface area contributed by atoms with Gasteiger partial charge in [0, 0.05) is 42.7 Å². The number of likely N-dealkylation sites (tertiary alicyclic amines) is 1. The number of halogens is 3. The molecule has 7 nitrogen and oxygen atoms in total. The van der Waals surface area contributed by atoms with Crippen LogP contribution in [0.2, 0.25) is 0 Å². The first-order valence-corrected chi connectivity index (χ1v) is 10.7. The van der Waals surface area contributed by atoms with E-state index in [1.165, 1.54) is 17.0 Å². The first-order valence-electron chi connectivity index (χ1n) is 9.91. The smallest absolute Gasteiger partial charge is 0.383 e. The SMILES string of the molecule is C/C(Sc1cccnc1C(F)(F)F)=C(N)\N=C(/N(C)C=O)N1CCC2(CCOC2)CC1. The zero-order valence-electron chi connectivity index (χ0n) is 17.5. The van der Waals surface area contributed by atoms with Gasteiger partial charge in [0.25, 0.3) is 0 Å². The summed E-state index contributed by atoms with van der Waals surface area (Å²) >= 11 is 0.852. The minimum Gasteiger partial charge on any atom is -0.383 e. The summed E-state index contributed by atoms with van der Waals surface area (Å²) in [5.74, 6) is 0.429. The third kappa shape index (κ3) is 5.51. The van der Waals surface area contributed by atoms with E-state index in [9.17, 15) is 18.0 Å². The van der Waals surface area contributed by atoms with E-state index in [-0.39, 0.29) is 16.1 Å². The summed E-state index contributed by atoms with van der Waals surface area (Å²) < 4.78 is 45.2. The monoisotopic (exact) mass is 457 g/mol. The summed E-state index contributed by atoms with van der Waals surface area (Å²) in [5.41, 5.74) is 5.33. The second kappa shape index (κ2) is 9.47. The molecule has 2 N–H and O–H groups in total. The molecule has 0 aliphatic carbocycles. The van der Waals surface area contributed by atoms with E-state index in [2.05, 4.69) is 9.98 Å². The summed E-state index contributed by atoms with van der Waals surface area (Å²) in [6, 6.07) is 2.78. The number of carbonyl (C=O) groups excluding carboxylic acids is 1. The van der Waals surface area contributed by atoms with Crippen molar-refractivity contribution < 1.29 is 22.7 Å². The highest BCUT2D eigenvalue weighted by atomic mass is 32.2. The van der Waals surface area contributed by atoms with Crippen molar-refractivity contribution in [2.45, 2.75) is 37.3 Å². The maximum Gasteiger partial charge on any atom is 0.434 e. The third-order valence-corrected chi connectivity index (χ3v) is 6.71. The van der Waals surface area contributed by atoms with E-state index in [0.29, 0.717) is 30.4 Å². The molecule has 3 rings (SSSR count). The molecular formula is C20H26F3N5O2S. The fourth-order valence-corrected chi connectivity index (χ4v) is 4.63. The van der Waals surface area contributed by atoms with Gasteiger partial charge in [-0.3, -0.25) is 14.7 Å². The van der Waals surface area contributed by atoms with Crippen LogP contribution in [0.15, 0.2) is 38.9 Å². The van der Waals surface area contributed by atoms with E-state index < -0.39 is 11.9 Å². The number of nitrogens with two attached hydrogens (primary N) is 1. The number of alkyl halides is 3. The molecule has 1 spiro atoms. The molecule has 1 amide bonds. The van der Waals surface area contributed by atoms with Crippen molar-refractivity contribution in [2.24, 2.45) is 16.1 Å². The molecule has 1 aromatic heterocycles. The Morgan fingerprint density at radius 2 is 2.10 bits per heavy atom. The second-order valence-electron chi connectivity index (χ2n) is 7.81. The van der Waals surface area contributed by atoms with Crippen molar-refractivity contribution >= 4 is 24.1 Å². The predicted octanol–water partition coefficient (Wildman–Crippen LogP) is 3.29. The molecule has 11 heteroatoms. The molecule has 31 heavy (non-hydrogen) atoms. The molecule has 0 saturated carbocycles. The third-order valence-electron chi connectivity index (χ3n) is 5.65. The minimum atomic E-state index is -4.57. The number of guanidine groups is 1. The first kappa shape index (κ1) is 23.4. The molecule has 2 saturated heterocycles. The van der Waals surface area contributed by atoms with E-state index >= 15 is 0 Å². The summed E-state index contributed by atoms with van der Waals surface area (Å²) in [4.78, 5) is 22.9. The highest BCUT2D eigenvalue weighted by Crippen LogP contribution is 2.40. The van der Waals surface area contributed by atoms with Gasteiger partial charge in [0.15, 0.2) is 5.69 Å². The molecule has 0 radical (unpaired) electrons. The number of ether oxygens (including phenoxy) is 1. The predicted molar refractivity (Wildman–Crippen MR) is 112 cm³/mol. The topological polar surface area (TPSA) is 84.0 Å². The van der Waals surface area contributed by atoms with Crippen LogP contribution in [0.5, 0.6) is 0 Å². The van der Waals surface area contributed by atoms with Crippen LogP contribution in [0.25, 0.3) is 0 Å². The quantitative estimate of drug-likeness (QED) is 0.323. The molecule has 2 fully saturated rings. The Kier molecular flexibility index (Phi) is 7.15. The number of aliphatic imine (C=N–C) groups is 1. The molecule has 2 aliphatic rings. The van der Waals surface area contributed by atoms with E-state index in [4.69, 9.17) is 10.5 Å². The molecule has 2 aliphatic heterocycles. The Hall–Kier alpha value is -2.27. The van der Waals surface area contributed by atoms with Crippen LogP contribution in [-0.2, 0) is 15.7 Å². The van der Waals surface area contributed by atoms with Gasteiger partial charge < -0.3 is 15.4 Å². The Bertz CT molecular complexity index is 859. The average molecular weight is 458 g/mol. The van der Waals surface area contributed by atoms with Crippen LogP contribution in [0, 0.1) is 5.41 Å². The van der Waals surface area contributed by atoms with Gasteiger partial charge in [0.1, 0.15) is 5.82 Å². The lowest BCUT2D eigenvalue weighted by atomic mass is 9.78. The summed E-state index contributed by atoms with van der Waals surface area (Å²) in [6.45, 7) is 4.51. The van der Waals surface area contributed by atoms with Gasteiger partial charge in [0.05, 0.1) is 6.61 Å². The summed E-state index contributed by atoms with van der Waals surface area (Å²) in [7, 11) is 1.58. The van der Waals surface area contributed by atoms with Gasteiger partial charge in [-0.15, -0.1) is 0 Å². The number of thioether (sulfide) groups is 1. The highest BCUT2D eigenvalue weighted by Gasteiger charge is 2.39. The number of pyridine rings is 1. The van der Waals surface area contributed by atoms with Crippen molar-refractivity contribution in [2.75, 3.05) is 33.4 Å². The average Bonchev–Trinajstić information content (AvgIpc) is 3.19. The number of hydrogen-bond acceptors (Lipinski definition) is 6. The van der Waals surface area contributed by atoms with E-state index in [0.717, 1.165) is 50.4 Å². The van der Waals surface area contributed by atoms with Gasteiger partial charge in [-0.25, -0.2) is 0 Å². The van der Waals surface area contributed by atoms with Crippen LogP contribution in [0.1, 0.15) is 31.9 Å². The maximum absolute atomic E-state index is 13.2. The van der Waals surface area contributed by atoms with Crippen LogP contribution < -0.4 is 5.73 Å². The van der Waals surface area contributed by atoms with Gasteiger partial charge >= 0.3 is 6.18 Å². The van der Waals surface area contributed by atoms with Crippen LogP contribution in [0.4, 0.5) is 13.2 Å². The Morgan fingerprint density at radius 3 is 2.68 bits per heavy atom. The normalized spacial score (nSPS) is 20.0. The van der Waals surface area contributed by atoms with Crippen molar-refractivity contribution in [3.63, 3.8) is 0 Å². The van der Waals surface area contributed by atoms with Crippen LogP contribution in [-0.4, -0.2) is 60.5 Å². The van der Waals surface area contributed by atoms with Crippen molar-refractivity contribution in [3.05, 3.63) is 34.7 Å². The molecule has 1 aromatic rings. The van der Waals surface area contributed by atoms with Crippen molar-refractivity contribution in [3.8, 4) is 0 Å². The lowest BCUT2D eigenvalue weighted by molar-refractivity contribution is -0.143. The lowest BCUT2D eigenvalue weighted by Crippen LogP contribution is -2.48. The molecule has 0 aromatic carbocycles. The number of hydrogen-bond donors (Lipinski definition) is 1. The van der Waals surface area contributed by atoms with Gasteiger partial charge in [-0.2, -0.15) is 18.2 Å². The van der Waals surface area contributed by atoms with Gasteiger partial charge in [0.2, 0.25) is 12.4 Å². The van der Waals surface area contributed by atoms with E-state index in [1.54, 1.807) is 14.0 Å². The molecule has 3 heterocycles. The molecular weight excluding hydrogens is 431 g/mol. The highest BCUT2D eigenvalue weighted by molar-refractivity contribution is 8.03. The number of allylic oxidation sites excluding steroid dienone is 1. The summed E-state index contributed by atoms with van der Waals surface area (Å²) in [6.07, 6.45) is 0.0325. The number of rotatable bonds is 4. The maximum atomic E-state index is 13.2. The van der Waals surface area contributed by atoms with Crippen molar-refractivity contribution in [1.29, 1.82) is 0 Å². The van der Waals surface area contributed by atoms with Crippen LogP contribution >= 0.6 is 11.8 Å².